The molecule has 2 saturated heterocycles. The van der Waals surface area contributed by atoms with E-state index in [4.69, 9.17) is 18.9 Å². The molecular formula is C13H22Na2O14S2. The third kappa shape index (κ3) is 9.23. The maximum Gasteiger partial charge on any atom is 1.00 e. The number of hydrogen-bond donors (Lipinski definition) is 2. The van der Waals surface area contributed by atoms with Gasteiger partial charge in [0.15, 0.2) is 18.7 Å². The van der Waals surface area contributed by atoms with Crippen LogP contribution in [0.5, 0.6) is 0 Å². The van der Waals surface area contributed by atoms with Crippen LogP contribution in [0.2, 0.25) is 0 Å². The van der Waals surface area contributed by atoms with Crippen LogP contribution in [-0.2, 0) is 48.1 Å². The summed E-state index contributed by atoms with van der Waals surface area (Å²) in [7, 11) is -9.45. The molecule has 9 atom stereocenters. The van der Waals surface area contributed by atoms with Crippen LogP contribution in [0.4, 0.5) is 0 Å². The number of aliphatic hydroxyl groups excluding tert-OH is 2. The summed E-state index contributed by atoms with van der Waals surface area (Å²) in [5.41, 5.74) is 0. The predicted molar refractivity (Wildman–Crippen MR) is 86.3 cm³/mol. The van der Waals surface area contributed by atoms with Gasteiger partial charge >= 0.3 is 59.1 Å². The smallest absolute Gasteiger partial charge is 0.726 e. The fraction of sp³-hybridized carbons (Fsp3) is 1.00. The summed E-state index contributed by atoms with van der Waals surface area (Å²) < 4.78 is 95.9. The average Bonchev–Trinajstić information content (AvgIpc) is 2.57. The van der Waals surface area contributed by atoms with Gasteiger partial charge in [0.2, 0.25) is 20.8 Å². The van der Waals surface area contributed by atoms with Crippen LogP contribution in [-0.4, -0.2) is 99.1 Å². The molecule has 2 aliphatic heterocycles. The van der Waals surface area contributed by atoms with Gasteiger partial charge in [0, 0.05) is 13.0 Å². The van der Waals surface area contributed by atoms with Crippen molar-refractivity contribution in [2.75, 3.05) is 13.7 Å². The molecule has 0 spiro atoms. The molecule has 0 aromatic rings. The van der Waals surface area contributed by atoms with E-state index in [0.717, 1.165) is 7.11 Å². The Morgan fingerprint density at radius 3 is 1.87 bits per heavy atom. The van der Waals surface area contributed by atoms with E-state index in [0.29, 0.717) is 0 Å². The van der Waals surface area contributed by atoms with Gasteiger partial charge < -0.3 is 38.3 Å². The van der Waals surface area contributed by atoms with E-state index in [1.165, 1.54) is 13.8 Å². The fourth-order valence-electron chi connectivity index (χ4n) is 3.05. The molecule has 0 saturated carbocycles. The second-order valence-electron chi connectivity index (χ2n) is 6.64. The molecule has 0 aliphatic carbocycles. The minimum Gasteiger partial charge on any atom is -0.726 e. The number of hydrogen-bond acceptors (Lipinski definition) is 14. The number of methoxy groups -OCH3 is 1. The molecule has 2 heterocycles. The number of rotatable bonds is 7. The Bertz CT molecular complexity index is 764. The SMILES string of the molecule is COC1OC(C)[C@H](O[C@@H]2OC[C@@H](C)[C@@H](O)[C@@H]2OS(=O)(=O)[O-])[C@@H](OS(=O)(=O)[O-])[C@@H]1O.[Na+].[Na+]. The molecule has 0 amide bonds. The van der Waals surface area contributed by atoms with Crippen molar-refractivity contribution in [3.05, 3.63) is 0 Å². The number of ether oxygens (including phenoxy) is 4. The zero-order valence-corrected chi connectivity index (χ0v) is 23.1. The van der Waals surface area contributed by atoms with Gasteiger partial charge in [-0.15, -0.1) is 0 Å². The Balaban J connectivity index is 0.00000450. The molecule has 2 N–H and O–H groups in total. The van der Waals surface area contributed by atoms with E-state index in [-0.39, 0.29) is 65.7 Å². The summed E-state index contributed by atoms with van der Waals surface area (Å²) in [4.78, 5) is 0. The van der Waals surface area contributed by atoms with E-state index >= 15 is 0 Å². The largest absolute Gasteiger partial charge is 1.00 e. The molecule has 2 fully saturated rings. The Morgan fingerprint density at radius 1 is 0.871 bits per heavy atom. The second-order valence-corrected chi connectivity index (χ2v) is 8.66. The van der Waals surface area contributed by atoms with Crippen molar-refractivity contribution >= 4 is 20.8 Å². The topological polar surface area (TPSA) is 210 Å². The van der Waals surface area contributed by atoms with E-state index in [1.807, 2.05) is 0 Å². The maximum absolute atomic E-state index is 11.1. The normalized spacial score (nSPS) is 39.3. The molecule has 0 bridgehead atoms. The first-order valence-electron chi connectivity index (χ1n) is 8.33. The van der Waals surface area contributed by atoms with Crippen molar-refractivity contribution in [1.82, 2.24) is 0 Å². The minimum atomic E-state index is -5.32. The van der Waals surface area contributed by atoms with Crippen LogP contribution in [0.25, 0.3) is 0 Å². The Kier molecular flexibility index (Phi) is 13.6. The van der Waals surface area contributed by atoms with Crippen LogP contribution >= 0.6 is 0 Å². The van der Waals surface area contributed by atoms with Crippen molar-refractivity contribution in [2.24, 2.45) is 5.92 Å². The van der Waals surface area contributed by atoms with Gasteiger partial charge in [-0.3, -0.25) is 8.37 Å². The van der Waals surface area contributed by atoms with Crippen LogP contribution in [0.15, 0.2) is 0 Å². The summed E-state index contributed by atoms with van der Waals surface area (Å²) in [6, 6.07) is 0. The maximum atomic E-state index is 11.1. The molecule has 2 rings (SSSR count). The second kappa shape index (κ2) is 13.0. The summed E-state index contributed by atoms with van der Waals surface area (Å²) in [5, 5.41) is 20.4. The van der Waals surface area contributed by atoms with Crippen molar-refractivity contribution in [3.8, 4) is 0 Å². The fourth-order valence-corrected chi connectivity index (χ4v) is 4.02. The summed E-state index contributed by atoms with van der Waals surface area (Å²) in [6.45, 7) is 2.71. The first-order chi connectivity index (χ1) is 13.2. The zero-order chi connectivity index (χ0) is 22.1. The quantitative estimate of drug-likeness (QED) is 0.184. The predicted octanol–water partition coefficient (Wildman–Crippen LogP) is -8.82. The van der Waals surface area contributed by atoms with Gasteiger partial charge in [-0.05, 0) is 6.92 Å². The number of aliphatic hydroxyl groups is 2. The molecular weight excluding hydrogens is 490 g/mol. The van der Waals surface area contributed by atoms with Crippen molar-refractivity contribution < 1.29 is 123 Å². The minimum absolute atomic E-state index is 0. The zero-order valence-electron chi connectivity index (χ0n) is 17.5. The van der Waals surface area contributed by atoms with Crippen LogP contribution < -0.4 is 59.1 Å². The molecule has 0 aromatic carbocycles. The summed E-state index contributed by atoms with van der Waals surface area (Å²) in [5.74, 6) is -0.640. The molecule has 14 nitrogen and oxygen atoms in total. The van der Waals surface area contributed by atoms with E-state index in [2.05, 4.69) is 8.37 Å². The van der Waals surface area contributed by atoms with Gasteiger partial charge in [-0.2, -0.15) is 0 Å². The molecule has 0 radical (unpaired) electrons. The van der Waals surface area contributed by atoms with Gasteiger partial charge in [0.1, 0.15) is 18.3 Å². The third-order valence-corrected chi connectivity index (χ3v) is 5.36. The van der Waals surface area contributed by atoms with Crippen LogP contribution in [0.1, 0.15) is 13.8 Å². The third-order valence-electron chi connectivity index (χ3n) is 4.44. The van der Waals surface area contributed by atoms with Crippen molar-refractivity contribution in [1.29, 1.82) is 0 Å². The Labute approximate surface area is 224 Å². The summed E-state index contributed by atoms with van der Waals surface area (Å²) >= 11 is 0. The molecule has 31 heavy (non-hydrogen) atoms. The van der Waals surface area contributed by atoms with Crippen molar-refractivity contribution in [2.45, 2.75) is 63.1 Å². The van der Waals surface area contributed by atoms with Crippen LogP contribution in [0, 0.1) is 5.92 Å². The molecule has 2 aliphatic rings. The first-order valence-corrected chi connectivity index (χ1v) is 11.0. The van der Waals surface area contributed by atoms with E-state index in [9.17, 15) is 36.2 Å². The van der Waals surface area contributed by atoms with Gasteiger partial charge in [-0.25, -0.2) is 16.8 Å². The van der Waals surface area contributed by atoms with Crippen LogP contribution in [0.3, 0.4) is 0 Å². The summed E-state index contributed by atoms with van der Waals surface area (Å²) in [6.07, 6.45) is -12.6. The molecule has 18 heteroatoms. The van der Waals surface area contributed by atoms with Gasteiger partial charge in [0.05, 0.1) is 18.8 Å². The van der Waals surface area contributed by atoms with Gasteiger partial charge in [0.25, 0.3) is 0 Å². The molecule has 172 valence electrons. The Morgan fingerprint density at radius 2 is 1.39 bits per heavy atom. The molecule has 2 unspecified atom stereocenters. The van der Waals surface area contributed by atoms with Crippen molar-refractivity contribution in [3.63, 3.8) is 0 Å². The monoisotopic (exact) mass is 512 g/mol. The van der Waals surface area contributed by atoms with E-state index < -0.39 is 75.9 Å². The molecule has 0 aromatic heterocycles. The van der Waals surface area contributed by atoms with E-state index in [1.54, 1.807) is 0 Å². The average molecular weight is 512 g/mol. The first kappa shape index (κ1) is 32.5. The van der Waals surface area contributed by atoms with Gasteiger partial charge in [-0.1, -0.05) is 6.92 Å². The Hall–Kier alpha value is 1.50. The standard InChI is InChI=1S/C13H24O14S2.2Na/c1-5-4-23-13(11(7(5)14)27-29(19,20)21)25-9-6(2)24-12(22-3)8(15)10(9)26-28(16,17)18;;/h5-15H,4H2,1-3H3,(H,16,17,18)(H,19,20,21);;/q;2*+1/p-2/t5-,6?,7-,8+,9+,10+,11+,12?,13+;;/m1../s1.